The number of piperidine rings is 1. The van der Waals surface area contributed by atoms with Gasteiger partial charge in [-0.2, -0.15) is 0 Å². The molecule has 1 heterocycles. The lowest BCUT2D eigenvalue weighted by molar-refractivity contribution is -0.118. The summed E-state index contributed by atoms with van der Waals surface area (Å²) in [6.07, 6.45) is 1.96. The lowest BCUT2D eigenvalue weighted by Crippen LogP contribution is -2.42. The summed E-state index contributed by atoms with van der Waals surface area (Å²) in [7, 11) is 0. The molecular formula is C13H25N3O2. The summed E-state index contributed by atoms with van der Waals surface area (Å²) < 4.78 is 0. The van der Waals surface area contributed by atoms with Gasteiger partial charge in [-0.3, -0.25) is 4.79 Å². The minimum Gasteiger partial charge on any atom is -0.391 e. The maximum Gasteiger partial charge on any atom is 0.249 e. The predicted molar refractivity (Wildman–Crippen MR) is 71.6 cm³/mol. The smallest absolute Gasteiger partial charge is 0.249 e. The number of carbonyl (C=O) groups is 1. The van der Waals surface area contributed by atoms with Crippen molar-refractivity contribution in [2.45, 2.75) is 52.3 Å². The average Bonchev–Trinajstić information content (AvgIpc) is 2.29. The van der Waals surface area contributed by atoms with Crippen LogP contribution >= 0.6 is 0 Å². The third-order valence-electron chi connectivity index (χ3n) is 3.25. The van der Waals surface area contributed by atoms with Crippen molar-refractivity contribution in [1.29, 1.82) is 0 Å². The topological polar surface area (TPSA) is 78.6 Å². The van der Waals surface area contributed by atoms with Crippen molar-refractivity contribution >= 4 is 5.91 Å². The van der Waals surface area contributed by atoms with E-state index in [1.807, 2.05) is 13.8 Å². The van der Waals surface area contributed by atoms with Crippen molar-refractivity contribution in [3.05, 3.63) is 11.3 Å². The molecule has 5 heteroatoms. The SMILES string of the molecule is CCC(=C(C)C(=O)NC(C)N)N1CCCC(O)C1. The Bertz CT molecular complexity index is 326. The number of carbonyl (C=O) groups excluding carboxylic acids is 1. The van der Waals surface area contributed by atoms with Crippen molar-refractivity contribution < 1.29 is 9.90 Å². The summed E-state index contributed by atoms with van der Waals surface area (Å²) in [6, 6.07) is 0. The lowest BCUT2D eigenvalue weighted by atomic mass is 10.0. The highest BCUT2D eigenvalue weighted by Crippen LogP contribution is 2.20. The zero-order valence-electron chi connectivity index (χ0n) is 11.6. The van der Waals surface area contributed by atoms with Crippen LogP contribution in [-0.4, -0.2) is 41.3 Å². The van der Waals surface area contributed by atoms with Gasteiger partial charge in [-0.25, -0.2) is 0 Å². The number of hydrogen-bond acceptors (Lipinski definition) is 4. The molecule has 0 aromatic heterocycles. The van der Waals surface area contributed by atoms with Crippen LogP contribution in [0.1, 0.15) is 40.0 Å². The van der Waals surface area contributed by atoms with E-state index in [1.165, 1.54) is 0 Å². The van der Waals surface area contributed by atoms with Gasteiger partial charge in [0.2, 0.25) is 5.91 Å². The molecule has 2 atom stereocenters. The molecule has 18 heavy (non-hydrogen) atoms. The van der Waals surface area contributed by atoms with Gasteiger partial charge < -0.3 is 21.1 Å². The van der Waals surface area contributed by atoms with Crippen LogP contribution in [0.2, 0.25) is 0 Å². The summed E-state index contributed by atoms with van der Waals surface area (Å²) >= 11 is 0. The van der Waals surface area contributed by atoms with Gasteiger partial charge in [-0.05, 0) is 33.1 Å². The van der Waals surface area contributed by atoms with Crippen molar-refractivity contribution in [2.75, 3.05) is 13.1 Å². The predicted octanol–water partition coefficient (Wildman–Crippen LogP) is 0.548. The molecule has 1 aliphatic heterocycles. The number of nitrogens with zero attached hydrogens (tertiary/aromatic N) is 1. The van der Waals surface area contributed by atoms with Crippen LogP contribution in [0, 0.1) is 0 Å². The van der Waals surface area contributed by atoms with Gasteiger partial charge in [0, 0.05) is 24.4 Å². The van der Waals surface area contributed by atoms with Gasteiger partial charge >= 0.3 is 0 Å². The number of rotatable bonds is 4. The van der Waals surface area contributed by atoms with Crippen LogP contribution in [0.4, 0.5) is 0 Å². The van der Waals surface area contributed by atoms with Crippen molar-refractivity contribution in [3.63, 3.8) is 0 Å². The quantitative estimate of drug-likeness (QED) is 0.506. The molecule has 0 aliphatic carbocycles. The number of hydrogen-bond donors (Lipinski definition) is 3. The number of amides is 1. The maximum atomic E-state index is 11.9. The molecule has 4 N–H and O–H groups in total. The Morgan fingerprint density at radius 1 is 1.61 bits per heavy atom. The molecule has 0 aromatic carbocycles. The second-order valence-corrected chi connectivity index (χ2v) is 4.93. The van der Waals surface area contributed by atoms with Crippen LogP contribution < -0.4 is 11.1 Å². The minimum atomic E-state index is -0.350. The normalized spacial score (nSPS) is 23.4. The van der Waals surface area contributed by atoms with E-state index in [9.17, 15) is 9.90 Å². The number of nitrogens with one attached hydrogen (secondary N) is 1. The Morgan fingerprint density at radius 2 is 2.28 bits per heavy atom. The van der Waals surface area contributed by atoms with E-state index in [1.54, 1.807) is 6.92 Å². The molecule has 2 unspecified atom stereocenters. The van der Waals surface area contributed by atoms with Gasteiger partial charge in [0.1, 0.15) is 0 Å². The summed E-state index contributed by atoms with van der Waals surface area (Å²) in [5.74, 6) is -0.123. The van der Waals surface area contributed by atoms with Crippen molar-refractivity contribution in [1.82, 2.24) is 10.2 Å². The lowest BCUT2D eigenvalue weighted by Gasteiger charge is -2.34. The van der Waals surface area contributed by atoms with E-state index in [2.05, 4.69) is 10.2 Å². The van der Waals surface area contributed by atoms with E-state index in [-0.39, 0.29) is 18.2 Å². The summed E-state index contributed by atoms with van der Waals surface area (Å²) in [6.45, 7) is 7.10. The fourth-order valence-corrected chi connectivity index (χ4v) is 2.37. The molecule has 0 bridgehead atoms. The molecular weight excluding hydrogens is 230 g/mol. The third-order valence-corrected chi connectivity index (χ3v) is 3.25. The van der Waals surface area contributed by atoms with Gasteiger partial charge in [0.15, 0.2) is 0 Å². The number of aliphatic hydroxyl groups excluding tert-OH is 1. The summed E-state index contributed by atoms with van der Waals surface area (Å²) in [5.41, 5.74) is 7.27. The molecule has 0 saturated carbocycles. The van der Waals surface area contributed by atoms with Crippen LogP contribution in [0.3, 0.4) is 0 Å². The Labute approximate surface area is 109 Å². The highest BCUT2D eigenvalue weighted by molar-refractivity contribution is 5.93. The molecule has 1 saturated heterocycles. The molecule has 0 spiro atoms. The standard InChI is InChI=1S/C13H25N3O2/c1-4-12(9(2)13(18)15-10(3)14)16-7-5-6-11(17)8-16/h10-11,17H,4-8,14H2,1-3H3,(H,15,18). The van der Waals surface area contributed by atoms with E-state index in [0.717, 1.165) is 31.5 Å². The molecule has 5 nitrogen and oxygen atoms in total. The van der Waals surface area contributed by atoms with E-state index in [4.69, 9.17) is 5.73 Å². The number of aliphatic hydroxyl groups is 1. The molecule has 0 radical (unpaired) electrons. The molecule has 1 amide bonds. The zero-order chi connectivity index (χ0) is 13.7. The van der Waals surface area contributed by atoms with Gasteiger partial charge in [0.25, 0.3) is 0 Å². The largest absolute Gasteiger partial charge is 0.391 e. The first-order chi connectivity index (χ1) is 8.45. The monoisotopic (exact) mass is 255 g/mol. The number of allylic oxidation sites excluding steroid dienone is 1. The minimum absolute atomic E-state index is 0.123. The fourth-order valence-electron chi connectivity index (χ4n) is 2.37. The van der Waals surface area contributed by atoms with Crippen LogP contribution in [0.5, 0.6) is 0 Å². The van der Waals surface area contributed by atoms with Crippen molar-refractivity contribution in [2.24, 2.45) is 5.73 Å². The highest BCUT2D eigenvalue weighted by atomic mass is 16.3. The Kier molecular flexibility index (Phi) is 5.62. The first kappa shape index (κ1) is 15.0. The van der Waals surface area contributed by atoms with Crippen molar-refractivity contribution in [3.8, 4) is 0 Å². The first-order valence-electron chi connectivity index (χ1n) is 6.64. The van der Waals surface area contributed by atoms with Crippen LogP contribution in [-0.2, 0) is 4.79 Å². The van der Waals surface area contributed by atoms with Gasteiger partial charge in [0.05, 0.1) is 12.3 Å². The number of likely N-dealkylation sites (tertiary alicyclic amines) is 1. The number of nitrogens with two attached hydrogens (primary N) is 1. The van der Waals surface area contributed by atoms with Gasteiger partial charge in [-0.1, -0.05) is 6.92 Å². The second kappa shape index (κ2) is 6.75. The highest BCUT2D eigenvalue weighted by Gasteiger charge is 2.22. The fraction of sp³-hybridized carbons (Fsp3) is 0.769. The van der Waals surface area contributed by atoms with E-state index >= 15 is 0 Å². The third kappa shape index (κ3) is 3.99. The first-order valence-corrected chi connectivity index (χ1v) is 6.64. The zero-order valence-corrected chi connectivity index (χ0v) is 11.6. The summed E-state index contributed by atoms with van der Waals surface area (Å²) in [5, 5.41) is 12.4. The molecule has 1 fully saturated rings. The molecule has 1 rings (SSSR count). The van der Waals surface area contributed by atoms with E-state index < -0.39 is 0 Å². The van der Waals surface area contributed by atoms with E-state index in [0.29, 0.717) is 12.1 Å². The molecule has 1 aliphatic rings. The Morgan fingerprint density at radius 3 is 2.78 bits per heavy atom. The average molecular weight is 255 g/mol. The summed E-state index contributed by atoms with van der Waals surface area (Å²) in [4.78, 5) is 14.1. The molecule has 0 aromatic rings. The second-order valence-electron chi connectivity index (χ2n) is 4.93. The maximum absolute atomic E-state index is 11.9. The van der Waals surface area contributed by atoms with Crippen LogP contribution in [0.25, 0.3) is 0 Å². The molecule has 104 valence electrons. The number of β-amino-alcohol motifs (C(OH)–C–C–N with tert-alkyl or cyclic N) is 1. The Balaban J connectivity index is 2.81. The van der Waals surface area contributed by atoms with Gasteiger partial charge in [-0.15, -0.1) is 0 Å². The van der Waals surface area contributed by atoms with Crippen LogP contribution in [0.15, 0.2) is 11.3 Å². The Hall–Kier alpha value is -1.07.